The molecule has 0 amide bonds. The minimum Gasteiger partial charge on any atom is -0.480 e. The normalized spacial score (nSPS) is 20.3. The van der Waals surface area contributed by atoms with E-state index in [0.29, 0.717) is 12.2 Å². The second-order valence-electron chi connectivity index (χ2n) is 6.69. The van der Waals surface area contributed by atoms with Crippen LogP contribution in [0, 0.1) is 0 Å². The van der Waals surface area contributed by atoms with Crippen LogP contribution >= 0.6 is 0 Å². The first-order valence-corrected chi connectivity index (χ1v) is 9.00. The molecule has 136 valence electrons. The first-order valence-electron chi connectivity index (χ1n) is 9.00. The molecule has 2 aromatic rings. The predicted molar refractivity (Wildman–Crippen MR) is 95.4 cm³/mol. The molecule has 0 spiro atoms. The van der Waals surface area contributed by atoms with Crippen LogP contribution in [0.2, 0.25) is 0 Å². The average molecular weight is 354 g/mol. The highest BCUT2D eigenvalue weighted by atomic mass is 16.7. The van der Waals surface area contributed by atoms with Crippen LogP contribution in [0.15, 0.2) is 36.5 Å². The largest absolute Gasteiger partial charge is 0.480 e. The summed E-state index contributed by atoms with van der Waals surface area (Å²) < 4.78 is 10.9. The Morgan fingerprint density at radius 3 is 2.88 bits per heavy atom. The Kier molecular flexibility index (Phi) is 4.51. The van der Waals surface area contributed by atoms with Crippen molar-refractivity contribution < 1.29 is 19.4 Å². The van der Waals surface area contributed by atoms with Gasteiger partial charge in [0.2, 0.25) is 6.79 Å². The molecule has 2 atom stereocenters. The van der Waals surface area contributed by atoms with E-state index >= 15 is 0 Å². The molecule has 1 aromatic carbocycles. The summed E-state index contributed by atoms with van der Waals surface area (Å²) in [6.07, 6.45) is 4.32. The first kappa shape index (κ1) is 16.8. The van der Waals surface area contributed by atoms with Crippen LogP contribution in [0.5, 0.6) is 11.5 Å². The zero-order valence-electron chi connectivity index (χ0n) is 14.7. The van der Waals surface area contributed by atoms with Gasteiger partial charge in [-0.05, 0) is 48.6 Å². The van der Waals surface area contributed by atoms with E-state index in [4.69, 9.17) is 9.47 Å². The zero-order valence-corrected chi connectivity index (χ0v) is 14.7. The molecule has 0 aliphatic carbocycles. The van der Waals surface area contributed by atoms with Gasteiger partial charge in [-0.1, -0.05) is 19.1 Å². The Morgan fingerprint density at radius 2 is 2.15 bits per heavy atom. The summed E-state index contributed by atoms with van der Waals surface area (Å²) in [4.78, 5) is 18.4. The van der Waals surface area contributed by atoms with Gasteiger partial charge in [0.15, 0.2) is 11.5 Å². The summed E-state index contributed by atoms with van der Waals surface area (Å²) >= 11 is 0. The molecule has 26 heavy (non-hydrogen) atoms. The van der Waals surface area contributed by atoms with Crippen molar-refractivity contribution >= 4 is 5.97 Å². The Labute approximate surface area is 152 Å². The summed E-state index contributed by atoms with van der Waals surface area (Å²) in [6, 6.07) is 9.15. The van der Waals surface area contributed by atoms with Gasteiger partial charge in [0, 0.05) is 12.7 Å². The number of benzene rings is 1. The standard InChI is InChI=1S/C20H22N2O4/c1-2-13-5-7-15(21-11-13)19(22-9-3-4-16(22)20(23)24)14-6-8-17-18(10-14)26-12-25-17/h5-8,10-11,16,19H,2-4,9,12H2,1H3,(H,23,24). The lowest BCUT2D eigenvalue weighted by molar-refractivity contribution is -0.142. The quantitative estimate of drug-likeness (QED) is 0.890. The molecule has 6 nitrogen and oxygen atoms in total. The lowest BCUT2D eigenvalue weighted by atomic mass is 9.99. The van der Waals surface area contributed by atoms with Gasteiger partial charge in [-0.15, -0.1) is 0 Å². The number of rotatable bonds is 5. The molecule has 2 unspecified atom stereocenters. The van der Waals surface area contributed by atoms with Crippen molar-refractivity contribution in [3.8, 4) is 11.5 Å². The topological polar surface area (TPSA) is 71.9 Å². The number of carboxylic acids is 1. The summed E-state index contributed by atoms with van der Waals surface area (Å²) in [5.41, 5.74) is 2.99. The van der Waals surface area contributed by atoms with Crippen LogP contribution in [0.1, 0.15) is 42.6 Å². The van der Waals surface area contributed by atoms with Crippen molar-refractivity contribution in [2.24, 2.45) is 0 Å². The van der Waals surface area contributed by atoms with E-state index in [-0.39, 0.29) is 12.8 Å². The third kappa shape index (κ3) is 3.01. The minimum atomic E-state index is -0.779. The number of aromatic nitrogens is 1. The van der Waals surface area contributed by atoms with Crippen LogP contribution in [0.3, 0.4) is 0 Å². The zero-order chi connectivity index (χ0) is 18.1. The van der Waals surface area contributed by atoms with Crippen molar-refractivity contribution in [3.05, 3.63) is 53.3 Å². The third-order valence-electron chi connectivity index (χ3n) is 5.16. The molecule has 1 N–H and O–H groups in total. The van der Waals surface area contributed by atoms with E-state index in [9.17, 15) is 9.90 Å². The molecule has 0 radical (unpaired) electrons. The molecule has 4 rings (SSSR count). The van der Waals surface area contributed by atoms with Crippen molar-refractivity contribution in [1.82, 2.24) is 9.88 Å². The maximum atomic E-state index is 11.8. The third-order valence-corrected chi connectivity index (χ3v) is 5.16. The lowest BCUT2D eigenvalue weighted by Gasteiger charge is -2.31. The van der Waals surface area contributed by atoms with Gasteiger partial charge >= 0.3 is 5.97 Å². The van der Waals surface area contributed by atoms with Crippen LogP contribution in [0.25, 0.3) is 0 Å². The maximum absolute atomic E-state index is 11.8. The molecule has 3 heterocycles. The fourth-order valence-electron chi connectivity index (χ4n) is 3.79. The highest BCUT2D eigenvalue weighted by Crippen LogP contribution is 2.39. The van der Waals surface area contributed by atoms with Gasteiger partial charge in [-0.3, -0.25) is 14.7 Å². The number of nitrogens with zero attached hydrogens (tertiary/aromatic N) is 2. The Bertz CT molecular complexity index is 806. The SMILES string of the molecule is CCc1ccc(C(c2ccc3c(c2)OCO3)N2CCCC2C(=O)O)nc1. The number of aryl methyl sites for hydroxylation is 1. The number of hydrogen-bond donors (Lipinski definition) is 1. The molecule has 2 aliphatic heterocycles. The fourth-order valence-corrected chi connectivity index (χ4v) is 3.79. The Hall–Kier alpha value is -2.60. The van der Waals surface area contributed by atoms with Gasteiger partial charge in [-0.25, -0.2) is 0 Å². The molecule has 1 saturated heterocycles. The van der Waals surface area contributed by atoms with Crippen molar-refractivity contribution in [3.63, 3.8) is 0 Å². The number of ether oxygens (including phenoxy) is 2. The fraction of sp³-hybridized carbons (Fsp3) is 0.400. The molecular formula is C20H22N2O4. The highest BCUT2D eigenvalue weighted by Gasteiger charge is 2.37. The second-order valence-corrected chi connectivity index (χ2v) is 6.69. The van der Waals surface area contributed by atoms with Crippen molar-refractivity contribution in [1.29, 1.82) is 0 Å². The maximum Gasteiger partial charge on any atom is 0.320 e. The molecule has 1 aromatic heterocycles. The van der Waals surface area contributed by atoms with E-state index in [0.717, 1.165) is 42.0 Å². The Morgan fingerprint density at radius 1 is 1.31 bits per heavy atom. The molecule has 1 fully saturated rings. The summed E-state index contributed by atoms with van der Waals surface area (Å²) in [5.74, 6) is 0.639. The smallest absolute Gasteiger partial charge is 0.320 e. The summed E-state index contributed by atoms with van der Waals surface area (Å²) in [7, 11) is 0. The van der Waals surface area contributed by atoms with E-state index < -0.39 is 12.0 Å². The molecular weight excluding hydrogens is 332 g/mol. The van der Waals surface area contributed by atoms with Crippen molar-refractivity contribution in [2.45, 2.75) is 38.3 Å². The van der Waals surface area contributed by atoms with Crippen molar-refractivity contribution in [2.75, 3.05) is 13.3 Å². The average Bonchev–Trinajstić information content (AvgIpc) is 3.31. The number of carbonyl (C=O) groups is 1. The number of fused-ring (bicyclic) bond motifs is 1. The number of aliphatic carboxylic acids is 1. The van der Waals surface area contributed by atoms with Gasteiger partial charge < -0.3 is 14.6 Å². The van der Waals surface area contributed by atoms with E-state index in [2.05, 4.69) is 18.0 Å². The predicted octanol–water partition coefficient (Wildman–Crippen LogP) is 3.01. The first-order chi connectivity index (χ1) is 12.7. The monoisotopic (exact) mass is 354 g/mol. The second kappa shape index (κ2) is 6.96. The van der Waals surface area contributed by atoms with Crippen LogP contribution in [-0.2, 0) is 11.2 Å². The summed E-state index contributed by atoms with van der Waals surface area (Å²) in [6.45, 7) is 3.04. The van der Waals surface area contributed by atoms with Crippen LogP contribution < -0.4 is 9.47 Å². The number of pyridine rings is 1. The van der Waals surface area contributed by atoms with Gasteiger partial charge in [0.1, 0.15) is 6.04 Å². The van der Waals surface area contributed by atoms with E-state index in [1.807, 2.05) is 35.4 Å². The molecule has 6 heteroatoms. The Balaban J connectivity index is 1.77. The summed E-state index contributed by atoms with van der Waals surface area (Å²) in [5, 5.41) is 9.66. The van der Waals surface area contributed by atoms with Crippen LogP contribution in [0.4, 0.5) is 0 Å². The van der Waals surface area contributed by atoms with Gasteiger partial charge in [0.25, 0.3) is 0 Å². The van der Waals surface area contributed by atoms with Crippen LogP contribution in [-0.4, -0.2) is 40.3 Å². The molecule has 0 bridgehead atoms. The minimum absolute atomic E-state index is 0.217. The highest BCUT2D eigenvalue weighted by molar-refractivity contribution is 5.74. The molecule has 2 aliphatic rings. The van der Waals surface area contributed by atoms with Gasteiger partial charge in [0.05, 0.1) is 11.7 Å². The van der Waals surface area contributed by atoms with E-state index in [1.165, 1.54) is 0 Å². The lowest BCUT2D eigenvalue weighted by Crippen LogP contribution is -2.39. The number of hydrogen-bond acceptors (Lipinski definition) is 5. The van der Waals surface area contributed by atoms with E-state index in [1.54, 1.807) is 0 Å². The van der Waals surface area contributed by atoms with Gasteiger partial charge in [-0.2, -0.15) is 0 Å². The number of likely N-dealkylation sites (tertiary alicyclic amines) is 1. The molecule has 0 saturated carbocycles. The number of carboxylic acid groups (broad SMARTS) is 1.